The Bertz CT molecular complexity index is 884. The molecule has 0 bridgehead atoms. The second-order valence-corrected chi connectivity index (χ2v) is 7.36. The number of aromatic nitrogens is 3. The van der Waals surface area contributed by atoms with Crippen LogP contribution in [0.4, 0.5) is 11.1 Å². The predicted octanol–water partition coefficient (Wildman–Crippen LogP) is 4.15. The minimum Gasteiger partial charge on any atom is -0.395 e. The number of rotatable bonds is 7. The minimum atomic E-state index is -0.00196. The van der Waals surface area contributed by atoms with E-state index in [9.17, 15) is 0 Å². The van der Waals surface area contributed by atoms with Crippen LogP contribution in [0, 0.1) is 0 Å². The van der Waals surface area contributed by atoms with Crippen molar-refractivity contribution in [2.24, 2.45) is 0 Å². The molecule has 0 aliphatic heterocycles. The Morgan fingerprint density at radius 1 is 1.19 bits per heavy atom. The van der Waals surface area contributed by atoms with Crippen molar-refractivity contribution >= 4 is 34.0 Å². The summed E-state index contributed by atoms with van der Waals surface area (Å²) in [5, 5.41) is 16.9. The molecule has 6 nitrogen and oxygen atoms in total. The molecule has 0 aliphatic carbocycles. The fourth-order valence-corrected chi connectivity index (χ4v) is 3.49. The lowest BCUT2D eigenvalue weighted by molar-refractivity contribution is 0.311. The van der Waals surface area contributed by atoms with Crippen LogP contribution < -0.4 is 10.6 Å². The monoisotopic (exact) mass is 389 g/mol. The van der Waals surface area contributed by atoms with Crippen LogP contribution in [-0.2, 0) is 0 Å². The highest BCUT2D eigenvalue weighted by Crippen LogP contribution is 2.33. The number of aliphatic hydroxyl groups excluding tert-OH is 1. The van der Waals surface area contributed by atoms with Gasteiger partial charge in [0, 0.05) is 29.4 Å². The van der Waals surface area contributed by atoms with Crippen LogP contribution in [0.3, 0.4) is 0 Å². The highest BCUT2D eigenvalue weighted by molar-refractivity contribution is 7.18. The average molecular weight is 390 g/mol. The summed E-state index contributed by atoms with van der Waals surface area (Å²) >= 11 is 7.87. The zero-order valence-corrected chi connectivity index (χ0v) is 16.1. The molecule has 2 heterocycles. The van der Waals surface area contributed by atoms with Crippen LogP contribution in [-0.4, -0.2) is 39.3 Å². The molecule has 0 spiro atoms. The lowest BCUT2D eigenvalue weighted by Crippen LogP contribution is -2.09. The Balaban J connectivity index is 2.02. The van der Waals surface area contributed by atoms with Crippen molar-refractivity contribution in [1.29, 1.82) is 0 Å². The van der Waals surface area contributed by atoms with E-state index in [2.05, 4.69) is 39.4 Å². The lowest BCUT2D eigenvalue weighted by Gasteiger charge is -2.09. The van der Waals surface area contributed by atoms with Gasteiger partial charge in [-0.05, 0) is 26.0 Å². The van der Waals surface area contributed by atoms with E-state index in [1.54, 1.807) is 6.20 Å². The maximum atomic E-state index is 9.08. The second-order valence-electron chi connectivity index (χ2n) is 5.92. The van der Waals surface area contributed by atoms with Gasteiger partial charge >= 0.3 is 0 Å². The average Bonchev–Trinajstić information content (AvgIpc) is 3.08. The van der Waals surface area contributed by atoms with Gasteiger partial charge in [-0.2, -0.15) is 0 Å². The van der Waals surface area contributed by atoms with E-state index in [0.29, 0.717) is 29.3 Å². The molecule has 136 valence electrons. The number of thiazole rings is 1. The Labute approximate surface area is 161 Å². The van der Waals surface area contributed by atoms with Crippen LogP contribution in [0.15, 0.2) is 36.5 Å². The molecule has 0 atom stereocenters. The third kappa shape index (κ3) is 4.49. The summed E-state index contributed by atoms with van der Waals surface area (Å²) in [4.78, 5) is 14.4. The molecule has 1 aromatic carbocycles. The fourth-order valence-electron chi connectivity index (χ4n) is 2.33. The zero-order chi connectivity index (χ0) is 18.5. The summed E-state index contributed by atoms with van der Waals surface area (Å²) in [5.74, 6) is 0.443. The number of aliphatic hydroxyl groups is 1. The summed E-state index contributed by atoms with van der Waals surface area (Å²) < 4.78 is 0. The Hall–Kier alpha value is -2.22. The van der Waals surface area contributed by atoms with Gasteiger partial charge in [0.25, 0.3) is 0 Å². The van der Waals surface area contributed by atoms with Crippen LogP contribution >= 0.6 is 22.9 Å². The van der Waals surface area contributed by atoms with Gasteiger partial charge < -0.3 is 15.7 Å². The van der Waals surface area contributed by atoms with E-state index in [-0.39, 0.29) is 6.61 Å². The number of halogens is 1. The zero-order valence-electron chi connectivity index (χ0n) is 14.5. The molecular weight excluding hydrogens is 370 g/mol. The summed E-state index contributed by atoms with van der Waals surface area (Å²) in [6, 6.07) is 9.75. The van der Waals surface area contributed by atoms with E-state index in [0.717, 1.165) is 21.3 Å². The molecular formula is C18H20ClN5OS. The Kier molecular flexibility index (Phi) is 6.03. The molecule has 0 radical (unpaired) electrons. The molecule has 0 saturated carbocycles. The van der Waals surface area contributed by atoms with Crippen LogP contribution in [0.5, 0.6) is 0 Å². The van der Waals surface area contributed by atoms with Crippen molar-refractivity contribution in [3.63, 3.8) is 0 Å². The number of nitrogens with zero attached hydrogens (tertiary/aromatic N) is 3. The predicted molar refractivity (Wildman–Crippen MR) is 108 cm³/mol. The highest BCUT2D eigenvalue weighted by Gasteiger charge is 2.13. The molecule has 3 N–H and O–H groups in total. The maximum absolute atomic E-state index is 9.08. The normalized spacial score (nSPS) is 11.0. The van der Waals surface area contributed by atoms with E-state index >= 15 is 0 Å². The number of hydrogen-bond acceptors (Lipinski definition) is 7. The number of benzene rings is 1. The number of nitrogens with one attached hydrogen (secondary N) is 2. The van der Waals surface area contributed by atoms with Gasteiger partial charge in [0.05, 0.1) is 22.9 Å². The number of anilines is 2. The van der Waals surface area contributed by atoms with Crippen molar-refractivity contribution in [3.8, 4) is 21.8 Å². The van der Waals surface area contributed by atoms with E-state index in [4.69, 9.17) is 16.7 Å². The highest BCUT2D eigenvalue weighted by atomic mass is 35.5. The smallest absolute Gasteiger partial charge is 0.223 e. The van der Waals surface area contributed by atoms with Gasteiger partial charge in [0.2, 0.25) is 5.95 Å². The first kappa shape index (κ1) is 18.6. The molecule has 8 heteroatoms. The minimum absolute atomic E-state index is 0.00196. The van der Waals surface area contributed by atoms with E-state index in [1.807, 2.05) is 30.3 Å². The fraction of sp³-hybridized carbons (Fsp3) is 0.278. The molecule has 0 aliphatic rings. The molecule has 0 fully saturated rings. The maximum Gasteiger partial charge on any atom is 0.223 e. The summed E-state index contributed by atoms with van der Waals surface area (Å²) in [5.41, 5.74) is 2.30. The summed E-state index contributed by atoms with van der Waals surface area (Å²) in [7, 11) is 0. The van der Waals surface area contributed by atoms with Crippen LogP contribution in [0.2, 0.25) is 5.02 Å². The molecule has 3 aromatic rings. The van der Waals surface area contributed by atoms with Gasteiger partial charge in [-0.15, -0.1) is 0 Å². The largest absolute Gasteiger partial charge is 0.395 e. The van der Waals surface area contributed by atoms with E-state index in [1.165, 1.54) is 11.3 Å². The molecule has 0 unspecified atom stereocenters. The van der Waals surface area contributed by atoms with Crippen molar-refractivity contribution in [3.05, 3.63) is 41.6 Å². The third-order valence-electron chi connectivity index (χ3n) is 3.44. The SMILES string of the molecule is CC(C)Nc1ncc(-c2cc(-c3ccccc3Cl)nc(NCCO)n2)s1. The molecule has 2 aromatic heterocycles. The molecule has 0 saturated heterocycles. The summed E-state index contributed by atoms with van der Waals surface area (Å²) in [6.07, 6.45) is 1.80. The van der Waals surface area contributed by atoms with Crippen molar-refractivity contribution in [2.45, 2.75) is 19.9 Å². The number of hydrogen-bond donors (Lipinski definition) is 3. The first-order chi connectivity index (χ1) is 12.6. The van der Waals surface area contributed by atoms with Crippen LogP contribution in [0.1, 0.15) is 13.8 Å². The van der Waals surface area contributed by atoms with Crippen molar-refractivity contribution < 1.29 is 5.11 Å². The van der Waals surface area contributed by atoms with Gasteiger partial charge in [-0.25, -0.2) is 15.0 Å². The molecule has 26 heavy (non-hydrogen) atoms. The van der Waals surface area contributed by atoms with Gasteiger partial charge in [-0.1, -0.05) is 41.1 Å². The van der Waals surface area contributed by atoms with Gasteiger partial charge in [0.1, 0.15) is 0 Å². The standard InChI is InChI=1S/C18H20ClN5OS/c1-11(2)22-18-21-10-16(26-18)15-9-14(12-5-3-4-6-13(12)19)23-17(24-15)20-7-8-25/h3-6,9-11,25H,7-8H2,1-2H3,(H,21,22)(H,20,23,24). The first-order valence-electron chi connectivity index (χ1n) is 8.28. The lowest BCUT2D eigenvalue weighted by atomic mass is 10.1. The second kappa shape index (κ2) is 8.44. The Morgan fingerprint density at radius 2 is 1.96 bits per heavy atom. The first-order valence-corrected chi connectivity index (χ1v) is 9.47. The Morgan fingerprint density at radius 3 is 2.69 bits per heavy atom. The molecule has 0 amide bonds. The summed E-state index contributed by atoms with van der Waals surface area (Å²) in [6.45, 7) is 4.50. The van der Waals surface area contributed by atoms with Crippen LogP contribution in [0.25, 0.3) is 21.8 Å². The van der Waals surface area contributed by atoms with Gasteiger partial charge in [-0.3, -0.25) is 0 Å². The van der Waals surface area contributed by atoms with Crippen molar-refractivity contribution in [2.75, 3.05) is 23.8 Å². The van der Waals surface area contributed by atoms with E-state index < -0.39 is 0 Å². The third-order valence-corrected chi connectivity index (χ3v) is 4.72. The van der Waals surface area contributed by atoms with Gasteiger partial charge in [0.15, 0.2) is 5.13 Å². The quantitative estimate of drug-likeness (QED) is 0.563. The van der Waals surface area contributed by atoms with Crippen molar-refractivity contribution in [1.82, 2.24) is 15.0 Å². The molecule has 3 rings (SSSR count). The topological polar surface area (TPSA) is 83.0 Å².